The zero-order valence-electron chi connectivity index (χ0n) is 22.1. The minimum atomic E-state index is -4.48. The molecule has 1 amide bonds. The SMILES string of the molecule is COC1COCCC1N[C@@H]1C[C@H]2OC(c3ccnn3C)C[C@H]2[C@@H]1C(=O)N1CCc2ncc(C(F)(F)F)cc2C1. The Morgan fingerprint density at radius 1 is 1.26 bits per heavy atom. The van der Waals surface area contributed by atoms with E-state index in [1.165, 1.54) is 0 Å². The van der Waals surface area contributed by atoms with Gasteiger partial charge in [0, 0.05) is 76.4 Å². The Morgan fingerprint density at radius 3 is 2.85 bits per heavy atom. The molecule has 1 N–H and O–H groups in total. The molecule has 0 aromatic carbocycles. The lowest BCUT2D eigenvalue weighted by atomic mass is 9.86. The maximum atomic E-state index is 14.2. The molecule has 0 bridgehead atoms. The molecule has 1 aliphatic carbocycles. The normalized spacial score (nSPS) is 32.7. The van der Waals surface area contributed by atoms with Crippen molar-refractivity contribution in [3.05, 3.63) is 47.0 Å². The summed E-state index contributed by atoms with van der Waals surface area (Å²) in [5, 5.41) is 7.99. The van der Waals surface area contributed by atoms with E-state index >= 15 is 0 Å². The molecule has 7 atom stereocenters. The molecule has 2 aromatic heterocycles. The van der Waals surface area contributed by atoms with Crippen molar-refractivity contribution in [1.29, 1.82) is 0 Å². The second-order valence-corrected chi connectivity index (χ2v) is 11.1. The monoisotopic (exact) mass is 549 g/mol. The van der Waals surface area contributed by atoms with Crippen molar-refractivity contribution in [1.82, 2.24) is 25.0 Å². The smallest absolute Gasteiger partial charge is 0.379 e. The Labute approximate surface area is 225 Å². The Morgan fingerprint density at radius 2 is 2.10 bits per heavy atom. The summed E-state index contributed by atoms with van der Waals surface area (Å²) in [4.78, 5) is 20.0. The first kappa shape index (κ1) is 26.7. The molecule has 2 aromatic rings. The number of amides is 1. The third-order valence-electron chi connectivity index (χ3n) is 8.87. The predicted octanol–water partition coefficient (Wildman–Crippen LogP) is 2.65. The molecule has 1 saturated carbocycles. The van der Waals surface area contributed by atoms with Crippen LogP contribution in [0.5, 0.6) is 0 Å². The van der Waals surface area contributed by atoms with Gasteiger partial charge in [-0.3, -0.25) is 14.5 Å². The number of alkyl halides is 3. The van der Waals surface area contributed by atoms with Crippen LogP contribution in [-0.4, -0.2) is 76.7 Å². The van der Waals surface area contributed by atoms with Crippen LogP contribution >= 0.6 is 0 Å². The van der Waals surface area contributed by atoms with E-state index in [-0.39, 0.29) is 54.7 Å². The third kappa shape index (κ3) is 5.07. The van der Waals surface area contributed by atoms with Crippen LogP contribution in [0.4, 0.5) is 13.2 Å². The zero-order chi connectivity index (χ0) is 27.3. The van der Waals surface area contributed by atoms with Crippen LogP contribution < -0.4 is 5.32 Å². The molecule has 0 spiro atoms. The number of carbonyl (C=O) groups excluding carboxylic acids is 1. The van der Waals surface area contributed by atoms with Crippen LogP contribution in [0.1, 0.15) is 47.9 Å². The highest BCUT2D eigenvalue weighted by molar-refractivity contribution is 5.81. The van der Waals surface area contributed by atoms with E-state index < -0.39 is 11.7 Å². The van der Waals surface area contributed by atoms with Crippen LogP contribution in [-0.2, 0) is 45.2 Å². The van der Waals surface area contributed by atoms with E-state index in [2.05, 4.69) is 15.4 Å². The number of aryl methyl sites for hydroxylation is 1. The molecule has 3 unspecified atom stereocenters. The van der Waals surface area contributed by atoms with E-state index in [9.17, 15) is 18.0 Å². The first-order valence-electron chi connectivity index (χ1n) is 13.6. The molecule has 39 heavy (non-hydrogen) atoms. The van der Waals surface area contributed by atoms with Crippen molar-refractivity contribution in [2.24, 2.45) is 18.9 Å². The number of halogens is 3. The van der Waals surface area contributed by atoms with Gasteiger partial charge in [0.2, 0.25) is 5.91 Å². The second kappa shape index (κ2) is 10.5. The minimum absolute atomic E-state index is 0.0169. The first-order chi connectivity index (χ1) is 18.7. The lowest BCUT2D eigenvalue weighted by Crippen LogP contribution is -2.55. The van der Waals surface area contributed by atoms with Crippen molar-refractivity contribution in [2.45, 2.75) is 68.8 Å². The number of pyridine rings is 1. The standard InChI is InChI=1S/C27H34F3N5O4/c1-34-21(3-6-32-34)23-10-17-22(39-23)11-20(33-19-5-8-38-14-24(19)37-2)25(17)26(36)35-7-4-18-15(13-35)9-16(12-31-18)27(28,29)30/h3,6,9,12,17,19-20,22-25,33H,4-5,7-8,10-11,13-14H2,1-2H3/t17-,19?,20-,22-,23?,24?,25+/m1/s1. The summed E-state index contributed by atoms with van der Waals surface area (Å²) in [7, 11) is 3.54. The molecule has 2 saturated heterocycles. The Hall–Kier alpha value is -2.54. The van der Waals surface area contributed by atoms with Crippen LogP contribution in [0.2, 0.25) is 0 Å². The molecule has 5 heterocycles. The summed E-state index contributed by atoms with van der Waals surface area (Å²) in [6.07, 6.45) is 0.323. The zero-order valence-corrected chi connectivity index (χ0v) is 22.1. The number of fused-ring (bicyclic) bond motifs is 2. The number of carbonyl (C=O) groups is 1. The average Bonchev–Trinajstić information content (AvgIpc) is 3.61. The Bertz CT molecular complexity index is 1210. The van der Waals surface area contributed by atoms with E-state index in [0.29, 0.717) is 50.3 Å². The number of rotatable bonds is 5. The second-order valence-electron chi connectivity index (χ2n) is 11.1. The lowest BCUT2D eigenvalue weighted by molar-refractivity contribution is -0.139. The van der Waals surface area contributed by atoms with Gasteiger partial charge in [0.1, 0.15) is 0 Å². The fraction of sp³-hybridized carbons (Fsp3) is 0.667. The molecule has 3 aliphatic heterocycles. The summed E-state index contributed by atoms with van der Waals surface area (Å²) >= 11 is 0. The van der Waals surface area contributed by atoms with Gasteiger partial charge < -0.3 is 24.4 Å². The maximum Gasteiger partial charge on any atom is 0.417 e. The van der Waals surface area contributed by atoms with Gasteiger partial charge in [0.25, 0.3) is 0 Å². The largest absolute Gasteiger partial charge is 0.417 e. The molecule has 4 aliphatic rings. The molecule has 0 radical (unpaired) electrons. The van der Waals surface area contributed by atoms with Crippen molar-refractivity contribution < 1.29 is 32.2 Å². The summed E-state index contributed by atoms with van der Waals surface area (Å²) in [5.74, 6) is -0.427. The van der Waals surface area contributed by atoms with Crippen LogP contribution in [0.25, 0.3) is 0 Å². The van der Waals surface area contributed by atoms with Gasteiger partial charge in [-0.2, -0.15) is 18.3 Å². The molecule has 9 nitrogen and oxygen atoms in total. The van der Waals surface area contributed by atoms with Gasteiger partial charge in [-0.15, -0.1) is 0 Å². The summed E-state index contributed by atoms with van der Waals surface area (Å²) in [6, 6.07) is 2.98. The topological polar surface area (TPSA) is 90.7 Å². The quantitative estimate of drug-likeness (QED) is 0.613. The first-order valence-corrected chi connectivity index (χ1v) is 13.6. The molecule has 12 heteroatoms. The third-order valence-corrected chi connectivity index (χ3v) is 8.87. The number of hydrogen-bond acceptors (Lipinski definition) is 7. The fourth-order valence-electron chi connectivity index (χ4n) is 6.88. The number of aromatic nitrogens is 3. The molecule has 6 rings (SSSR count). The number of hydrogen-bond donors (Lipinski definition) is 1. The van der Waals surface area contributed by atoms with Crippen LogP contribution in [0.15, 0.2) is 24.5 Å². The van der Waals surface area contributed by atoms with Gasteiger partial charge >= 0.3 is 6.18 Å². The fourth-order valence-corrected chi connectivity index (χ4v) is 6.88. The molecule has 3 fully saturated rings. The van der Waals surface area contributed by atoms with Crippen LogP contribution in [0, 0.1) is 11.8 Å². The number of methoxy groups -OCH3 is 1. The highest BCUT2D eigenvalue weighted by Crippen LogP contribution is 2.49. The van der Waals surface area contributed by atoms with Gasteiger partial charge in [-0.25, -0.2) is 0 Å². The van der Waals surface area contributed by atoms with Crippen molar-refractivity contribution in [2.75, 3.05) is 26.9 Å². The maximum absolute atomic E-state index is 14.2. The van der Waals surface area contributed by atoms with E-state index in [4.69, 9.17) is 14.2 Å². The highest BCUT2D eigenvalue weighted by atomic mass is 19.4. The van der Waals surface area contributed by atoms with Crippen LogP contribution in [0.3, 0.4) is 0 Å². The molecular weight excluding hydrogens is 515 g/mol. The Balaban J connectivity index is 1.25. The minimum Gasteiger partial charge on any atom is -0.379 e. The van der Waals surface area contributed by atoms with E-state index in [0.717, 1.165) is 24.4 Å². The van der Waals surface area contributed by atoms with Gasteiger partial charge in [-0.05, 0) is 37.0 Å². The van der Waals surface area contributed by atoms with E-state index in [1.807, 2.05) is 13.1 Å². The highest BCUT2D eigenvalue weighted by Gasteiger charge is 2.54. The number of ether oxygens (including phenoxy) is 3. The van der Waals surface area contributed by atoms with Gasteiger partial charge in [0.15, 0.2) is 0 Å². The summed E-state index contributed by atoms with van der Waals surface area (Å²) in [6.45, 7) is 1.65. The van der Waals surface area contributed by atoms with Crippen molar-refractivity contribution in [3.63, 3.8) is 0 Å². The van der Waals surface area contributed by atoms with Crippen molar-refractivity contribution in [3.8, 4) is 0 Å². The average molecular weight is 550 g/mol. The predicted molar refractivity (Wildman–Crippen MR) is 132 cm³/mol. The lowest BCUT2D eigenvalue weighted by Gasteiger charge is -2.37. The van der Waals surface area contributed by atoms with Gasteiger partial charge in [-0.1, -0.05) is 0 Å². The Kier molecular flexibility index (Phi) is 7.15. The number of nitrogens with one attached hydrogen (secondary N) is 1. The van der Waals surface area contributed by atoms with Gasteiger partial charge in [0.05, 0.1) is 42.1 Å². The van der Waals surface area contributed by atoms with E-state index in [1.54, 1.807) is 22.9 Å². The summed E-state index contributed by atoms with van der Waals surface area (Å²) in [5.41, 5.74) is 1.27. The number of nitrogens with zero attached hydrogens (tertiary/aromatic N) is 4. The van der Waals surface area contributed by atoms with Crippen molar-refractivity contribution >= 4 is 5.91 Å². The molecular formula is C27H34F3N5O4. The molecule has 212 valence electrons. The summed E-state index contributed by atoms with van der Waals surface area (Å²) < 4.78 is 59.6.